The van der Waals surface area contributed by atoms with E-state index in [9.17, 15) is 10.2 Å². The summed E-state index contributed by atoms with van der Waals surface area (Å²) in [5, 5.41) is 19.7. The molecule has 4 atom stereocenters. The molecule has 0 aliphatic rings. The van der Waals surface area contributed by atoms with Gasteiger partial charge in [0.15, 0.2) is 0 Å². The Hall–Kier alpha value is -0.0800. The van der Waals surface area contributed by atoms with Gasteiger partial charge in [-0.25, -0.2) is 0 Å². The highest BCUT2D eigenvalue weighted by Crippen LogP contribution is 2.22. The van der Waals surface area contributed by atoms with Gasteiger partial charge in [-0.3, -0.25) is 0 Å². The van der Waals surface area contributed by atoms with E-state index < -0.39 is 0 Å². The van der Waals surface area contributed by atoms with Gasteiger partial charge in [-0.05, 0) is 25.2 Å². The van der Waals surface area contributed by atoms with Gasteiger partial charge in [0.1, 0.15) is 0 Å². The van der Waals surface area contributed by atoms with Gasteiger partial charge in [-0.1, -0.05) is 34.1 Å². The Balaban J connectivity index is 4.09. The van der Waals surface area contributed by atoms with Crippen LogP contribution in [0.4, 0.5) is 0 Å². The molecule has 0 aromatic carbocycles. The normalized spacial score (nSPS) is 20.1. The van der Waals surface area contributed by atoms with Crippen molar-refractivity contribution in [1.82, 2.24) is 0 Å². The highest BCUT2D eigenvalue weighted by atomic mass is 16.3. The van der Waals surface area contributed by atoms with Gasteiger partial charge in [0.2, 0.25) is 0 Å². The van der Waals surface area contributed by atoms with Gasteiger partial charge >= 0.3 is 0 Å². The van der Waals surface area contributed by atoms with Crippen LogP contribution in [0.2, 0.25) is 0 Å². The van der Waals surface area contributed by atoms with Crippen molar-refractivity contribution in [1.29, 1.82) is 0 Å². The Labute approximate surface area is 88.3 Å². The van der Waals surface area contributed by atoms with E-state index in [2.05, 4.69) is 13.8 Å². The third-order valence-electron chi connectivity index (χ3n) is 3.22. The van der Waals surface area contributed by atoms with E-state index in [1.807, 2.05) is 13.8 Å². The van der Waals surface area contributed by atoms with Crippen LogP contribution in [-0.2, 0) is 0 Å². The zero-order chi connectivity index (χ0) is 11.1. The van der Waals surface area contributed by atoms with E-state index >= 15 is 0 Å². The van der Waals surface area contributed by atoms with Crippen molar-refractivity contribution in [2.45, 2.75) is 65.6 Å². The van der Waals surface area contributed by atoms with E-state index in [-0.39, 0.29) is 18.1 Å². The molecule has 0 aromatic rings. The average molecular weight is 202 g/mol. The van der Waals surface area contributed by atoms with Crippen molar-refractivity contribution in [2.24, 2.45) is 11.8 Å². The van der Waals surface area contributed by atoms with Gasteiger partial charge < -0.3 is 10.2 Å². The molecule has 0 aromatic heterocycles. The average Bonchev–Trinajstić information content (AvgIpc) is 2.18. The first kappa shape index (κ1) is 13.9. The van der Waals surface area contributed by atoms with Crippen LogP contribution in [0.25, 0.3) is 0 Å². The summed E-state index contributed by atoms with van der Waals surface area (Å²) in [6.45, 7) is 8.27. The molecule has 2 nitrogen and oxygen atoms in total. The second kappa shape index (κ2) is 7.24. The van der Waals surface area contributed by atoms with E-state index in [1.54, 1.807) is 0 Å². The summed E-state index contributed by atoms with van der Waals surface area (Å²) in [5.74, 6) is 0.595. The molecule has 0 rings (SSSR count). The second-order valence-electron chi connectivity index (χ2n) is 4.36. The fourth-order valence-electron chi connectivity index (χ4n) is 1.86. The molecule has 0 heterocycles. The molecule has 14 heavy (non-hydrogen) atoms. The Bertz CT molecular complexity index is 136. The highest BCUT2D eigenvalue weighted by Gasteiger charge is 2.24. The molecule has 0 aliphatic carbocycles. The first-order chi connectivity index (χ1) is 6.56. The molecule has 2 heteroatoms. The SMILES string of the molecule is CCC(C)CC(O)C(CC)C(O)CC. The Morgan fingerprint density at radius 3 is 1.79 bits per heavy atom. The highest BCUT2D eigenvalue weighted by molar-refractivity contribution is 4.75. The molecule has 0 fully saturated rings. The minimum Gasteiger partial charge on any atom is -0.393 e. The lowest BCUT2D eigenvalue weighted by molar-refractivity contribution is -0.00204. The van der Waals surface area contributed by atoms with Crippen LogP contribution in [0, 0.1) is 11.8 Å². The quantitative estimate of drug-likeness (QED) is 0.666. The maximum Gasteiger partial charge on any atom is 0.0595 e. The predicted octanol–water partition coefficient (Wildman–Crippen LogP) is 2.58. The zero-order valence-corrected chi connectivity index (χ0v) is 10.0. The standard InChI is InChI=1S/C12H26O2/c1-5-9(4)8-12(14)10(6-2)11(13)7-3/h9-14H,5-8H2,1-4H3. The van der Waals surface area contributed by atoms with Crippen molar-refractivity contribution >= 4 is 0 Å². The molecule has 86 valence electrons. The first-order valence-corrected chi connectivity index (χ1v) is 5.92. The molecule has 0 bridgehead atoms. The molecule has 2 N–H and O–H groups in total. The van der Waals surface area contributed by atoms with Gasteiger partial charge in [0, 0.05) is 5.92 Å². The second-order valence-corrected chi connectivity index (χ2v) is 4.36. The van der Waals surface area contributed by atoms with Crippen molar-refractivity contribution < 1.29 is 10.2 Å². The van der Waals surface area contributed by atoms with Crippen LogP contribution in [0.5, 0.6) is 0 Å². The van der Waals surface area contributed by atoms with E-state index in [0.717, 1.165) is 25.7 Å². The van der Waals surface area contributed by atoms with Crippen LogP contribution in [0.15, 0.2) is 0 Å². The lowest BCUT2D eigenvalue weighted by Crippen LogP contribution is -2.32. The van der Waals surface area contributed by atoms with Crippen LogP contribution >= 0.6 is 0 Å². The van der Waals surface area contributed by atoms with E-state index in [0.29, 0.717) is 5.92 Å². The molecule has 0 saturated carbocycles. The molecule has 0 saturated heterocycles. The Kier molecular flexibility index (Phi) is 7.20. The molecule has 0 amide bonds. The van der Waals surface area contributed by atoms with Crippen LogP contribution in [0.1, 0.15) is 53.4 Å². The Morgan fingerprint density at radius 1 is 0.857 bits per heavy atom. The topological polar surface area (TPSA) is 40.5 Å². The van der Waals surface area contributed by atoms with Crippen LogP contribution in [-0.4, -0.2) is 22.4 Å². The molecule has 4 unspecified atom stereocenters. The molecule has 0 radical (unpaired) electrons. The number of aliphatic hydroxyl groups is 2. The van der Waals surface area contributed by atoms with E-state index in [1.165, 1.54) is 0 Å². The first-order valence-electron chi connectivity index (χ1n) is 5.92. The minimum absolute atomic E-state index is 0.0500. The summed E-state index contributed by atoms with van der Waals surface area (Å²) in [7, 11) is 0. The number of aliphatic hydroxyl groups excluding tert-OH is 2. The van der Waals surface area contributed by atoms with Gasteiger partial charge in [-0.15, -0.1) is 0 Å². The third kappa shape index (κ3) is 4.43. The number of hydrogen-bond acceptors (Lipinski definition) is 2. The summed E-state index contributed by atoms with van der Waals surface area (Å²) in [6.07, 6.45) is 2.80. The maximum absolute atomic E-state index is 9.95. The van der Waals surface area contributed by atoms with Crippen molar-refractivity contribution in [3.63, 3.8) is 0 Å². The predicted molar refractivity (Wildman–Crippen MR) is 60.2 cm³/mol. The molecular weight excluding hydrogens is 176 g/mol. The summed E-state index contributed by atoms with van der Waals surface area (Å²) in [5.41, 5.74) is 0. The minimum atomic E-state index is -0.348. The molecular formula is C12H26O2. The fraction of sp³-hybridized carbons (Fsp3) is 1.00. The third-order valence-corrected chi connectivity index (χ3v) is 3.22. The fourth-order valence-corrected chi connectivity index (χ4v) is 1.86. The molecule has 0 spiro atoms. The summed E-state index contributed by atoms with van der Waals surface area (Å²) in [4.78, 5) is 0. The summed E-state index contributed by atoms with van der Waals surface area (Å²) >= 11 is 0. The lowest BCUT2D eigenvalue weighted by Gasteiger charge is -2.27. The maximum atomic E-state index is 9.95. The van der Waals surface area contributed by atoms with E-state index in [4.69, 9.17) is 0 Å². The molecule has 0 aliphatic heterocycles. The number of hydrogen-bond donors (Lipinski definition) is 2. The van der Waals surface area contributed by atoms with Crippen molar-refractivity contribution in [3.05, 3.63) is 0 Å². The zero-order valence-electron chi connectivity index (χ0n) is 10.0. The number of rotatable bonds is 7. The Morgan fingerprint density at radius 2 is 1.43 bits per heavy atom. The van der Waals surface area contributed by atoms with Crippen LogP contribution in [0.3, 0.4) is 0 Å². The smallest absolute Gasteiger partial charge is 0.0595 e. The largest absolute Gasteiger partial charge is 0.393 e. The lowest BCUT2D eigenvalue weighted by atomic mass is 9.86. The van der Waals surface area contributed by atoms with Gasteiger partial charge in [0.05, 0.1) is 12.2 Å². The monoisotopic (exact) mass is 202 g/mol. The summed E-state index contributed by atoms with van der Waals surface area (Å²) in [6, 6.07) is 0. The van der Waals surface area contributed by atoms with Gasteiger partial charge in [-0.2, -0.15) is 0 Å². The van der Waals surface area contributed by atoms with Crippen LogP contribution < -0.4 is 0 Å². The van der Waals surface area contributed by atoms with Gasteiger partial charge in [0.25, 0.3) is 0 Å². The van der Waals surface area contributed by atoms with Crippen molar-refractivity contribution in [3.8, 4) is 0 Å². The summed E-state index contributed by atoms with van der Waals surface area (Å²) < 4.78 is 0. The van der Waals surface area contributed by atoms with Crippen molar-refractivity contribution in [2.75, 3.05) is 0 Å².